The van der Waals surface area contributed by atoms with Crippen molar-refractivity contribution in [3.05, 3.63) is 12.0 Å². The first kappa shape index (κ1) is 16.0. The quantitative estimate of drug-likeness (QED) is 0.764. The first-order valence-electron chi connectivity index (χ1n) is 7.03. The molecule has 8 heteroatoms. The van der Waals surface area contributed by atoms with Gasteiger partial charge in [0.25, 0.3) is 10.0 Å². The zero-order chi connectivity index (χ0) is 15.6. The zero-order valence-electron chi connectivity index (χ0n) is 12.6. The Bertz CT molecular complexity index is 604. The first-order valence-corrected chi connectivity index (χ1v) is 8.47. The van der Waals surface area contributed by atoms with E-state index in [0.717, 1.165) is 0 Å². The van der Waals surface area contributed by atoms with Crippen LogP contribution in [0.1, 0.15) is 25.6 Å². The van der Waals surface area contributed by atoms with Gasteiger partial charge in [-0.05, 0) is 26.7 Å². The summed E-state index contributed by atoms with van der Waals surface area (Å²) in [7, 11) is -1.90. The summed E-state index contributed by atoms with van der Waals surface area (Å²) >= 11 is 0. The monoisotopic (exact) mass is 315 g/mol. The molecule has 1 aromatic rings. The average molecular weight is 315 g/mol. The minimum absolute atomic E-state index is 0.0343. The summed E-state index contributed by atoms with van der Waals surface area (Å²) in [5.41, 5.74) is 0. The topological polar surface area (TPSA) is 81.5 Å². The Morgan fingerprint density at radius 3 is 2.81 bits per heavy atom. The number of carbonyl (C=O) groups is 1. The number of carbonyl (C=O) groups excluding carboxylic acids is 1. The van der Waals surface area contributed by atoms with Crippen LogP contribution in [0.4, 0.5) is 0 Å². The van der Waals surface area contributed by atoms with Crippen LogP contribution in [0, 0.1) is 12.8 Å². The van der Waals surface area contributed by atoms with Crippen LogP contribution in [0.25, 0.3) is 0 Å². The van der Waals surface area contributed by atoms with Crippen LogP contribution in [0.15, 0.2) is 11.2 Å². The minimum atomic E-state index is -3.65. The van der Waals surface area contributed by atoms with Gasteiger partial charge in [0.1, 0.15) is 5.82 Å². The molecular weight excluding hydrogens is 294 g/mol. The Balaban J connectivity index is 2.18. The lowest BCUT2D eigenvalue weighted by Gasteiger charge is -2.29. The Morgan fingerprint density at radius 2 is 2.24 bits per heavy atom. The lowest BCUT2D eigenvalue weighted by Crippen LogP contribution is -2.42. The van der Waals surface area contributed by atoms with Gasteiger partial charge in [0.15, 0.2) is 5.03 Å². The third-order valence-corrected chi connectivity index (χ3v) is 5.43. The maximum atomic E-state index is 12.6. The van der Waals surface area contributed by atoms with Gasteiger partial charge in [0.2, 0.25) is 0 Å². The summed E-state index contributed by atoms with van der Waals surface area (Å²) in [4.78, 5) is 15.9. The Labute approximate surface area is 125 Å². The number of hydrogen-bond acceptors (Lipinski definition) is 5. The van der Waals surface area contributed by atoms with E-state index in [4.69, 9.17) is 4.74 Å². The van der Waals surface area contributed by atoms with Crippen LogP contribution in [-0.4, -0.2) is 47.9 Å². The summed E-state index contributed by atoms with van der Waals surface area (Å²) in [6.45, 7) is 4.37. The van der Waals surface area contributed by atoms with E-state index in [-0.39, 0.29) is 17.5 Å². The molecule has 0 bridgehead atoms. The van der Waals surface area contributed by atoms with Crippen LogP contribution in [-0.2, 0) is 26.6 Å². The predicted molar refractivity (Wildman–Crippen MR) is 76.1 cm³/mol. The largest absolute Gasteiger partial charge is 0.466 e. The molecule has 0 spiro atoms. The number of aromatic nitrogens is 2. The SMILES string of the molecule is CCOC(=O)[C@H]1CCCN(S(=O)(=O)c2cn(C)c(C)n2)C1. The number of sulfonamides is 1. The van der Waals surface area contributed by atoms with Gasteiger partial charge in [-0.25, -0.2) is 13.4 Å². The number of rotatable bonds is 4. The summed E-state index contributed by atoms with van der Waals surface area (Å²) in [5.74, 6) is -0.0830. The van der Waals surface area contributed by atoms with E-state index in [9.17, 15) is 13.2 Å². The highest BCUT2D eigenvalue weighted by Crippen LogP contribution is 2.24. The van der Waals surface area contributed by atoms with Crippen molar-refractivity contribution in [2.75, 3.05) is 19.7 Å². The fourth-order valence-electron chi connectivity index (χ4n) is 2.40. The van der Waals surface area contributed by atoms with Crippen LogP contribution >= 0.6 is 0 Å². The molecule has 0 aliphatic carbocycles. The van der Waals surface area contributed by atoms with Gasteiger partial charge >= 0.3 is 5.97 Å². The summed E-state index contributed by atoms with van der Waals surface area (Å²) in [5, 5.41) is 0.0343. The molecule has 0 saturated carbocycles. The molecule has 118 valence electrons. The zero-order valence-corrected chi connectivity index (χ0v) is 13.4. The molecule has 7 nitrogen and oxygen atoms in total. The van der Waals surface area contributed by atoms with Gasteiger partial charge in [-0.15, -0.1) is 0 Å². The fraction of sp³-hybridized carbons (Fsp3) is 0.692. The molecule has 1 aliphatic heterocycles. The maximum Gasteiger partial charge on any atom is 0.310 e. The highest BCUT2D eigenvalue weighted by molar-refractivity contribution is 7.89. The molecular formula is C13H21N3O4S. The van der Waals surface area contributed by atoms with E-state index in [2.05, 4.69) is 4.98 Å². The molecule has 0 aromatic carbocycles. The molecule has 2 heterocycles. The maximum absolute atomic E-state index is 12.6. The molecule has 1 aromatic heterocycles. The van der Waals surface area contributed by atoms with E-state index in [1.165, 1.54) is 10.5 Å². The first-order chi connectivity index (χ1) is 9.86. The standard InChI is InChI=1S/C13H21N3O4S/c1-4-20-13(17)11-6-5-7-16(8-11)21(18,19)12-9-15(3)10(2)14-12/h9,11H,4-8H2,1-3H3/t11-/m0/s1. The molecule has 1 fully saturated rings. The Morgan fingerprint density at radius 1 is 1.52 bits per heavy atom. The molecule has 0 unspecified atom stereocenters. The minimum Gasteiger partial charge on any atom is -0.466 e. The molecule has 1 aliphatic rings. The van der Waals surface area contributed by atoms with E-state index in [1.807, 2.05) is 0 Å². The normalized spacial score (nSPS) is 20.4. The van der Waals surface area contributed by atoms with E-state index < -0.39 is 15.9 Å². The molecule has 1 atom stereocenters. The number of hydrogen-bond donors (Lipinski definition) is 0. The highest BCUT2D eigenvalue weighted by Gasteiger charge is 2.35. The number of nitrogens with zero attached hydrogens (tertiary/aromatic N) is 3. The van der Waals surface area contributed by atoms with E-state index >= 15 is 0 Å². The third-order valence-electron chi connectivity index (χ3n) is 3.69. The Kier molecular flexibility index (Phi) is 4.67. The van der Waals surface area contributed by atoms with Crippen LogP contribution < -0.4 is 0 Å². The molecule has 0 amide bonds. The van der Waals surface area contributed by atoms with Crippen molar-refractivity contribution in [3.63, 3.8) is 0 Å². The number of esters is 1. The third kappa shape index (κ3) is 3.26. The van der Waals surface area contributed by atoms with Crippen molar-refractivity contribution in [1.82, 2.24) is 13.9 Å². The van der Waals surface area contributed by atoms with Gasteiger partial charge in [0.05, 0.1) is 12.5 Å². The average Bonchev–Trinajstić information content (AvgIpc) is 2.80. The molecule has 0 radical (unpaired) electrons. The second-order valence-corrected chi connectivity index (χ2v) is 7.08. The van der Waals surface area contributed by atoms with Crippen molar-refractivity contribution in [2.45, 2.75) is 31.7 Å². The van der Waals surface area contributed by atoms with Crippen molar-refractivity contribution in [1.29, 1.82) is 0 Å². The number of imidazole rings is 1. The van der Waals surface area contributed by atoms with E-state index in [0.29, 0.717) is 31.8 Å². The second kappa shape index (κ2) is 6.15. The summed E-state index contributed by atoms with van der Waals surface area (Å²) in [6, 6.07) is 0. The van der Waals surface area contributed by atoms with Crippen LogP contribution in [0.2, 0.25) is 0 Å². The van der Waals surface area contributed by atoms with Gasteiger partial charge in [-0.3, -0.25) is 4.79 Å². The Hall–Kier alpha value is -1.41. The smallest absolute Gasteiger partial charge is 0.310 e. The molecule has 1 saturated heterocycles. The number of ether oxygens (including phenoxy) is 1. The van der Waals surface area contributed by atoms with Crippen molar-refractivity contribution >= 4 is 16.0 Å². The van der Waals surface area contributed by atoms with Gasteiger partial charge in [-0.1, -0.05) is 0 Å². The lowest BCUT2D eigenvalue weighted by atomic mass is 10.0. The van der Waals surface area contributed by atoms with Gasteiger partial charge in [0, 0.05) is 26.3 Å². The van der Waals surface area contributed by atoms with Crippen molar-refractivity contribution in [2.24, 2.45) is 13.0 Å². The van der Waals surface area contributed by atoms with Crippen molar-refractivity contribution < 1.29 is 17.9 Å². The predicted octanol–water partition coefficient (Wildman–Crippen LogP) is 0.692. The van der Waals surface area contributed by atoms with Crippen LogP contribution in [0.3, 0.4) is 0 Å². The number of aryl methyl sites for hydroxylation is 2. The van der Waals surface area contributed by atoms with Gasteiger partial charge < -0.3 is 9.30 Å². The van der Waals surface area contributed by atoms with Crippen molar-refractivity contribution in [3.8, 4) is 0 Å². The number of piperidine rings is 1. The van der Waals surface area contributed by atoms with Crippen LogP contribution in [0.5, 0.6) is 0 Å². The molecule has 2 rings (SSSR count). The lowest BCUT2D eigenvalue weighted by molar-refractivity contribution is -0.149. The fourth-order valence-corrected chi connectivity index (χ4v) is 3.95. The second-order valence-electron chi connectivity index (χ2n) is 5.19. The summed E-state index contributed by atoms with van der Waals surface area (Å²) < 4.78 is 33.1. The molecule has 21 heavy (non-hydrogen) atoms. The highest BCUT2D eigenvalue weighted by atomic mass is 32.2. The van der Waals surface area contributed by atoms with E-state index in [1.54, 1.807) is 25.5 Å². The molecule has 0 N–H and O–H groups in total. The van der Waals surface area contributed by atoms with Gasteiger partial charge in [-0.2, -0.15) is 4.31 Å². The summed E-state index contributed by atoms with van der Waals surface area (Å²) in [6.07, 6.45) is 2.80.